The predicted octanol–water partition coefficient (Wildman–Crippen LogP) is 1.22. The lowest BCUT2D eigenvalue weighted by Gasteiger charge is -2.08. The van der Waals surface area contributed by atoms with Gasteiger partial charge < -0.3 is 14.8 Å². The molecule has 0 unspecified atom stereocenters. The fraction of sp³-hybridized carbons (Fsp3) is 0.385. The number of imide groups is 1. The van der Waals surface area contributed by atoms with Crippen molar-refractivity contribution in [2.45, 2.75) is 13.3 Å². The molecule has 0 aliphatic heterocycles. The Labute approximate surface area is 126 Å². The maximum atomic E-state index is 11.5. The number of rotatable bonds is 7. The van der Waals surface area contributed by atoms with Crippen LogP contribution in [0.25, 0.3) is 0 Å². The van der Waals surface area contributed by atoms with Crippen molar-refractivity contribution < 1.29 is 24.0 Å². The summed E-state index contributed by atoms with van der Waals surface area (Å²) >= 11 is 0. The summed E-state index contributed by atoms with van der Waals surface area (Å²) < 4.78 is 9.96. The van der Waals surface area contributed by atoms with E-state index in [1.165, 1.54) is 25.3 Å². The molecule has 1 aromatic rings. The summed E-state index contributed by atoms with van der Waals surface area (Å²) in [7, 11) is 1.38. The second kappa shape index (κ2) is 8.45. The van der Waals surface area contributed by atoms with Crippen LogP contribution in [-0.4, -0.2) is 37.1 Å². The summed E-state index contributed by atoms with van der Waals surface area (Å²) in [5.41, 5.74) is -0.331. The molecule has 0 saturated carbocycles. The summed E-state index contributed by atoms with van der Waals surface area (Å²) in [5.74, 6) is -0.504. The average molecular weight is 311 g/mol. The summed E-state index contributed by atoms with van der Waals surface area (Å²) in [6.45, 7) is 1.78. The maximum Gasteiger partial charge on any atom is 0.321 e. The van der Waals surface area contributed by atoms with Crippen LogP contribution < -0.4 is 20.1 Å². The van der Waals surface area contributed by atoms with Crippen LogP contribution in [0.4, 0.5) is 10.5 Å². The Morgan fingerprint density at radius 3 is 2.68 bits per heavy atom. The molecule has 22 heavy (non-hydrogen) atoms. The van der Waals surface area contributed by atoms with Crippen molar-refractivity contribution >= 4 is 17.6 Å². The number of hydrogen-bond donors (Lipinski definition) is 2. The van der Waals surface area contributed by atoms with Crippen molar-refractivity contribution in [2.75, 3.05) is 20.3 Å². The molecule has 9 nitrogen and oxygen atoms in total. The van der Waals surface area contributed by atoms with Crippen LogP contribution in [0.5, 0.6) is 11.5 Å². The van der Waals surface area contributed by atoms with Gasteiger partial charge >= 0.3 is 11.7 Å². The highest BCUT2D eigenvalue weighted by atomic mass is 16.6. The molecule has 120 valence electrons. The lowest BCUT2D eigenvalue weighted by molar-refractivity contribution is -0.385. The number of amides is 3. The topological polar surface area (TPSA) is 120 Å². The predicted molar refractivity (Wildman–Crippen MR) is 77.0 cm³/mol. The van der Waals surface area contributed by atoms with Gasteiger partial charge in [0.15, 0.2) is 12.4 Å². The zero-order valence-corrected chi connectivity index (χ0v) is 12.3. The van der Waals surface area contributed by atoms with Gasteiger partial charge in [0.1, 0.15) is 5.75 Å². The highest BCUT2D eigenvalue weighted by molar-refractivity contribution is 5.95. The van der Waals surface area contributed by atoms with Crippen LogP contribution in [0.2, 0.25) is 0 Å². The van der Waals surface area contributed by atoms with E-state index in [1.807, 2.05) is 12.2 Å². The van der Waals surface area contributed by atoms with Gasteiger partial charge in [-0.15, -0.1) is 0 Å². The van der Waals surface area contributed by atoms with E-state index >= 15 is 0 Å². The highest BCUT2D eigenvalue weighted by Gasteiger charge is 2.18. The third-order valence-corrected chi connectivity index (χ3v) is 2.51. The number of benzene rings is 1. The Bertz CT molecular complexity index is 561. The molecule has 0 bridgehead atoms. The number of urea groups is 1. The van der Waals surface area contributed by atoms with Crippen LogP contribution in [0.3, 0.4) is 0 Å². The van der Waals surface area contributed by atoms with Crippen LogP contribution in [0.15, 0.2) is 18.2 Å². The Hall–Kier alpha value is -2.84. The third kappa shape index (κ3) is 5.27. The molecule has 0 saturated heterocycles. The molecule has 0 radical (unpaired) electrons. The van der Waals surface area contributed by atoms with Crippen LogP contribution in [0, 0.1) is 10.1 Å². The van der Waals surface area contributed by atoms with Crippen LogP contribution >= 0.6 is 0 Å². The highest BCUT2D eigenvalue weighted by Crippen LogP contribution is 2.30. The van der Waals surface area contributed by atoms with E-state index in [2.05, 4.69) is 5.32 Å². The molecule has 0 heterocycles. The molecule has 1 aromatic carbocycles. The first-order valence-electron chi connectivity index (χ1n) is 6.50. The average Bonchev–Trinajstić information content (AvgIpc) is 2.50. The molecule has 0 aromatic heterocycles. The number of carbonyl (C=O) groups excluding carboxylic acids is 2. The van der Waals surface area contributed by atoms with E-state index in [0.29, 0.717) is 12.3 Å². The summed E-state index contributed by atoms with van der Waals surface area (Å²) in [4.78, 5) is 33.0. The molecule has 0 aliphatic carbocycles. The zero-order valence-electron chi connectivity index (χ0n) is 12.3. The van der Waals surface area contributed by atoms with E-state index in [-0.39, 0.29) is 11.4 Å². The SMILES string of the molecule is CCCNC(=O)NC(=O)COc1ccc(OC)cc1[N+](=O)[O-]. The number of nitro benzene ring substituents is 1. The van der Waals surface area contributed by atoms with Gasteiger partial charge in [0.2, 0.25) is 0 Å². The van der Waals surface area contributed by atoms with Gasteiger partial charge in [0, 0.05) is 6.54 Å². The molecule has 0 spiro atoms. The quantitative estimate of drug-likeness (QED) is 0.577. The fourth-order valence-corrected chi connectivity index (χ4v) is 1.48. The largest absolute Gasteiger partial charge is 0.496 e. The van der Waals surface area contributed by atoms with Gasteiger partial charge in [-0.25, -0.2) is 4.79 Å². The Morgan fingerprint density at radius 1 is 1.36 bits per heavy atom. The second-order valence-electron chi connectivity index (χ2n) is 4.18. The Morgan fingerprint density at radius 2 is 2.09 bits per heavy atom. The minimum absolute atomic E-state index is 0.0880. The van der Waals surface area contributed by atoms with Crippen molar-refractivity contribution in [1.82, 2.24) is 10.6 Å². The molecule has 1 rings (SSSR count). The van der Waals surface area contributed by atoms with Gasteiger partial charge in [-0.05, 0) is 18.6 Å². The molecule has 2 N–H and O–H groups in total. The number of hydrogen-bond acceptors (Lipinski definition) is 6. The number of nitrogens with one attached hydrogen (secondary N) is 2. The van der Waals surface area contributed by atoms with E-state index < -0.39 is 23.5 Å². The number of carbonyl (C=O) groups is 2. The van der Waals surface area contributed by atoms with Gasteiger partial charge in [-0.2, -0.15) is 0 Å². The summed E-state index contributed by atoms with van der Waals surface area (Å²) in [6.07, 6.45) is 0.732. The van der Waals surface area contributed by atoms with Gasteiger partial charge in [-0.1, -0.05) is 6.92 Å². The van der Waals surface area contributed by atoms with Crippen molar-refractivity contribution in [3.63, 3.8) is 0 Å². The number of ether oxygens (including phenoxy) is 2. The molecular formula is C13H17N3O6. The first-order valence-corrected chi connectivity index (χ1v) is 6.50. The van der Waals surface area contributed by atoms with Crippen molar-refractivity contribution in [3.05, 3.63) is 28.3 Å². The minimum Gasteiger partial charge on any atom is -0.496 e. The molecule has 0 fully saturated rings. The lowest BCUT2D eigenvalue weighted by Crippen LogP contribution is -2.41. The summed E-state index contributed by atoms with van der Waals surface area (Å²) in [5, 5.41) is 15.4. The maximum absolute atomic E-state index is 11.5. The van der Waals surface area contributed by atoms with Gasteiger partial charge in [-0.3, -0.25) is 20.2 Å². The Balaban J connectivity index is 2.62. The van der Waals surface area contributed by atoms with Crippen molar-refractivity contribution in [2.24, 2.45) is 0 Å². The molecular weight excluding hydrogens is 294 g/mol. The fourth-order valence-electron chi connectivity index (χ4n) is 1.48. The summed E-state index contributed by atoms with van der Waals surface area (Å²) in [6, 6.07) is 3.33. The zero-order chi connectivity index (χ0) is 16.5. The molecule has 0 aliphatic rings. The standard InChI is InChI=1S/C13H17N3O6/c1-3-6-14-13(18)15-12(17)8-22-11-5-4-9(21-2)7-10(11)16(19)20/h4-5,7H,3,6,8H2,1-2H3,(H2,14,15,17,18). The van der Waals surface area contributed by atoms with Crippen molar-refractivity contribution in [3.8, 4) is 11.5 Å². The normalized spacial score (nSPS) is 9.73. The molecule has 3 amide bonds. The van der Waals surface area contributed by atoms with E-state index in [4.69, 9.17) is 9.47 Å². The molecule has 0 atom stereocenters. The first kappa shape index (κ1) is 17.2. The number of methoxy groups -OCH3 is 1. The third-order valence-electron chi connectivity index (χ3n) is 2.51. The van der Waals surface area contributed by atoms with E-state index in [0.717, 1.165) is 6.42 Å². The number of nitro groups is 1. The monoisotopic (exact) mass is 311 g/mol. The Kier molecular flexibility index (Phi) is 6.61. The van der Waals surface area contributed by atoms with Gasteiger partial charge in [0.25, 0.3) is 5.91 Å². The van der Waals surface area contributed by atoms with E-state index in [1.54, 1.807) is 0 Å². The van der Waals surface area contributed by atoms with E-state index in [9.17, 15) is 19.7 Å². The van der Waals surface area contributed by atoms with Crippen molar-refractivity contribution in [1.29, 1.82) is 0 Å². The van der Waals surface area contributed by atoms with Crippen LogP contribution in [-0.2, 0) is 4.79 Å². The molecule has 9 heteroatoms. The smallest absolute Gasteiger partial charge is 0.321 e. The second-order valence-corrected chi connectivity index (χ2v) is 4.18. The van der Waals surface area contributed by atoms with Crippen LogP contribution in [0.1, 0.15) is 13.3 Å². The lowest BCUT2D eigenvalue weighted by atomic mass is 10.3. The van der Waals surface area contributed by atoms with Gasteiger partial charge in [0.05, 0.1) is 18.1 Å². The number of nitrogens with zero attached hydrogens (tertiary/aromatic N) is 1. The first-order chi connectivity index (χ1) is 10.5. The minimum atomic E-state index is -0.710.